The van der Waals surface area contributed by atoms with E-state index in [9.17, 15) is 0 Å². The van der Waals surface area contributed by atoms with Crippen LogP contribution in [-0.4, -0.2) is 11.0 Å². The van der Waals surface area contributed by atoms with Crippen molar-refractivity contribution >= 4 is 49.6 Å². The topological polar surface area (TPSA) is 63.0 Å². The van der Waals surface area contributed by atoms with Gasteiger partial charge in [-0.15, -0.1) is 49.6 Å². The molecule has 0 saturated heterocycles. The summed E-state index contributed by atoms with van der Waals surface area (Å²) in [6.07, 6.45) is 1.25. The molecule has 0 radical (unpaired) electrons. The SMILES string of the molecule is CCC.Cl.Cl.Cl.Cl.O.O. The highest BCUT2D eigenvalue weighted by Gasteiger charge is 1.35. The van der Waals surface area contributed by atoms with Crippen LogP contribution in [0.3, 0.4) is 0 Å². The Bertz CT molecular complexity index is 13.8. The van der Waals surface area contributed by atoms with Crippen LogP contribution < -0.4 is 0 Å². The molecule has 0 aliphatic heterocycles. The fraction of sp³-hybridized carbons (Fsp3) is 1.00. The second-order valence-corrected chi connectivity index (χ2v) is 0.707. The van der Waals surface area contributed by atoms with Gasteiger partial charge in [-0.3, -0.25) is 0 Å². The lowest BCUT2D eigenvalue weighted by Crippen LogP contribution is -1.27. The molecule has 0 rings (SSSR count). The third-order valence-corrected chi connectivity index (χ3v) is 0. The molecule has 68 valence electrons. The summed E-state index contributed by atoms with van der Waals surface area (Å²) in [5.41, 5.74) is 0. The number of hydrogen-bond acceptors (Lipinski definition) is 0. The molecule has 0 aliphatic carbocycles. The minimum absolute atomic E-state index is 0. The lowest BCUT2D eigenvalue weighted by atomic mass is 10.6. The van der Waals surface area contributed by atoms with Gasteiger partial charge in [-0.05, 0) is 0 Å². The summed E-state index contributed by atoms with van der Waals surface area (Å²) in [5, 5.41) is 0. The van der Waals surface area contributed by atoms with Crippen LogP contribution in [0.4, 0.5) is 0 Å². The standard InChI is InChI=1S/C3H8.4ClH.2H2O/c1-3-2;;;;;;/h3H2,1-2H3;4*1H;2*1H2. The number of rotatable bonds is 0. The van der Waals surface area contributed by atoms with E-state index in [1.807, 2.05) is 0 Å². The van der Waals surface area contributed by atoms with Crippen LogP contribution in [0.2, 0.25) is 0 Å². The Morgan fingerprint density at radius 2 is 0.667 bits per heavy atom. The predicted molar refractivity (Wildman–Crippen MR) is 52.2 cm³/mol. The molecule has 0 aliphatic rings. The van der Waals surface area contributed by atoms with Crippen LogP contribution in [0, 0.1) is 0 Å². The van der Waals surface area contributed by atoms with Gasteiger partial charge in [0.15, 0.2) is 0 Å². The Balaban J connectivity index is -0.00000000133. The minimum atomic E-state index is 0. The van der Waals surface area contributed by atoms with E-state index >= 15 is 0 Å². The summed E-state index contributed by atoms with van der Waals surface area (Å²) >= 11 is 0. The Morgan fingerprint density at radius 1 is 0.667 bits per heavy atom. The molecule has 0 fully saturated rings. The lowest BCUT2D eigenvalue weighted by Gasteiger charge is -1.48. The fourth-order valence-electron chi connectivity index (χ4n) is 0. The Morgan fingerprint density at radius 3 is 0.667 bits per heavy atom. The van der Waals surface area contributed by atoms with Crippen molar-refractivity contribution in [2.45, 2.75) is 20.3 Å². The molecule has 0 bridgehead atoms. The molecule has 0 saturated carbocycles. The van der Waals surface area contributed by atoms with Crippen molar-refractivity contribution in [2.24, 2.45) is 0 Å². The second kappa shape index (κ2) is 137. The Kier molecular flexibility index (Phi) is 1330. The highest BCUT2D eigenvalue weighted by atomic mass is 35.5. The molecule has 0 aromatic carbocycles. The maximum atomic E-state index is 2.12. The van der Waals surface area contributed by atoms with Crippen molar-refractivity contribution in [1.29, 1.82) is 0 Å². The minimum Gasteiger partial charge on any atom is -0.412 e. The van der Waals surface area contributed by atoms with Gasteiger partial charge >= 0.3 is 0 Å². The zero-order chi connectivity index (χ0) is 2.71. The third-order valence-electron chi connectivity index (χ3n) is 0. The quantitative estimate of drug-likeness (QED) is 0.600. The number of hydrogen-bond donors (Lipinski definition) is 0. The van der Waals surface area contributed by atoms with Crippen molar-refractivity contribution in [3.63, 3.8) is 0 Å². The van der Waals surface area contributed by atoms with Crippen molar-refractivity contribution in [3.8, 4) is 0 Å². The molecule has 0 amide bonds. The Hall–Kier alpha value is 1.08. The van der Waals surface area contributed by atoms with Gasteiger partial charge in [0, 0.05) is 0 Å². The summed E-state index contributed by atoms with van der Waals surface area (Å²) in [4.78, 5) is 0. The van der Waals surface area contributed by atoms with Crippen LogP contribution in [0.25, 0.3) is 0 Å². The van der Waals surface area contributed by atoms with Gasteiger partial charge in [0.25, 0.3) is 0 Å². The van der Waals surface area contributed by atoms with Gasteiger partial charge in [0.2, 0.25) is 0 Å². The van der Waals surface area contributed by atoms with Crippen molar-refractivity contribution < 1.29 is 11.0 Å². The van der Waals surface area contributed by atoms with E-state index in [2.05, 4.69) is 13.8 Å². The monoisotopic (exact) mass is 224 g/mol. The predicted octanol–water partition coefficient (Wildman–Crippen LogP) is 1.45. The molecule has 2 nitrogen and oxygen atoms in total. The van der Waals surface area contributed by atoms with E-state index in [0.717, 1.165) is 0 Å². The zero-order valence-electron chi connectivity index (χ0n) is 5.34. The first-order chi connectivity index (χ1) is 1.41. The van der Waals surface area contributed by atoms with Gasteiger partial charge in [0.05, 0.1) is 0 Å². The first-order valence-corrected chi connectivity index (χ1v) is 1.41. The van der Waals surface area contributed by atoms with E-state index in [1.54, 1.807) is 0 Å². The molecule has 6 heteroatoms. The van der Waals surface area contributed by atoms with Gasteiger partial charge < -0.3 is 11.0 Å². The summed E-state index contributed by atoms with van der Waals surface area (Å²) < 4.78 is 0. The highest BCUT2D eigenvalue weighted by molar-refractivity contribution is 5.86. The van der Waals surface area contributed by atoms with E-state index in [1.165, 1.54) is 6.42 Å². The third kappa shape index (κ3) is 390. The molecule has 0 aromatic rings. The van der Waals surface area contributed by atoms with Gasteiger partial charge in [-0.25, -0.2) is 0 Å². The first kappa shape index (κ1) is 87.6. The van der Waals surface area contributed by atoms with Crippen LogP contribution in [0.15, 0.2) is 0 Å². The van der Waals surface area contributed by atoms with E-state index in [0.29, 0.717) is 0 Å². The van der Waals surface area contributed by atoms with Crippen molar-refractivity contribution in [1.82, 2.24) is 0 Å². The van der Waals surface area contributed by atoms with E-state index in [4.69, 9.17) is 0 Å². The highest BCUT2D eigenvalue weighted by Crippen LogP contribution is 1.56. The molecule has 0 aromatic heterocycles. The summed E-state index contributed by atoms with van der Waals surface area (Å²) in [7, 11) is 0. The first-order valence-electron chi connectivity index (χ1n) is 1.41. The second-order valence-electron chi connectivity index (χ2n) is 0.707. The van der Waals surface area contributed by atoms with Crippen LogP contribution >= 0.6 is 49.6 Å². The average molecular weight is 226 g/mol. The van der Waals surface area contributed by atoms with Crippen LogP contribution in [0.1, 0.15) is 20.3 Å². The maximum Gasteiger partial charge on any atom is -0.0590 e. The molecule has 4 N–H and O–H groups in total. The van der Waals surface area contributed by atoms with Gasteiger partial charge in [-0.2, -0.15) is 0 Å². The lowest BCUT2D eigenvalue weighted by molar-refractivity contribution is 0.823. The number of halogens is 4. The summed E-state index contributed by atoms with van der Waals surface area (Å²) in [5.74, 6) is 0. The van der Waals surface area contributed by atoms with Crippen molar-refractivity contribution in [2.75, 3.05) is 0 Å². The molecule has 0 spiro atoms. The average Bonchev–Trinajstić information content (AvgIpc) is 0.918. The molecule has 0 heterocycles. The van der Waals surface area contributed by atoms with Crippen LogP contribution in [-0.2, 0) is 0 Å². The summed E-state index contributed by atoms with van der Waals surface area (Å²) in [6.45, 7) is 4.25. The molecule has 0 unspecified atom stereocenters. The molecular formula is C3H16Cl4O2. The zero-order valence-corrected chi connectivity index (χ0v) is 8.61. The summed E-state index contributed by atoms with van der Waals surface area (Å²) in [6, 6.07) is 0. The molecule has 9 heavy (non-hydrogen) atoms. The smallest absolute Gasteiger partial charge is 0.0590 e. The van der Waals surface area contributed by atoms with Crippen LogP contribution in [0.5, 0.6) is 0 Å². The maximum absolute atomic E-state index is 2.12. The largest absolute Gasteiger partial charge is 0.412 e. The van der Waals surface area contributed by atoms with Crippen molar-refractivity contribution in [3.05, 3.63) is 0 Å². The van der Waals surface area contributed by atoms with E-state index < -0.39 is 0 Å². The molecular weight excluding hydrogens is 210 g/mol. The van der Waals surface area contributed by atoms with Gasteiger partial charge in [-0.1, -0.05) is 20.3 Å². The van der Waals surface area contributed by atoms with Gasteiger partial charge in [0.1, 0.15) is 0 Å². The van der Waals surface area contributed by atoms with E-state index in [-0.39, 0.29) is 60.6 Å². The Labute approximate surface area is 81.0 Å². The fourth-order valence-corrected chi connectivity index (χ4v) is 0. The normalized spacial score (nSPS) is 2.00. The molecule has 0 atom stereocenters.